The molecular weight excluding hydrogens is 484 g/mol. The Hall–Kier alpha value is -4.53. The van der Waals surface area contributed by atoms with Crippen molar-refractivity contribution >= 4 is 22.5 Å². The number of fused-ring (bicyclic) bond motifs is 1. The molecule has 3 aromatic carbocycles. The molecule has 38 heavy (non-hydrogen) atoms. The van der Waals surface area contributed by atoms with Crippen LogP contribution in [-0.2, 0) is 0 Å². The molecule has 1 unspecified atom stereocenters. The Labute approximate surface area is 220 Å². The molecule has 1 aromatic heterocycles. The van der Waals surface area contributed by atoms with Gasteiger partial charge in [0.1, 0.15) is 11.6 Å². The maximum absolute atomic E-state index is 13.9. The van der Waals surface area contributed by atoms with E-state index in [4.69, 9.17) is 9.72 Å². The van der Waals surface area contributed by atoms with E-state index in [-0.39, 0.29) is 22.7 Å². The summed E-state index contributed by atoms with van der Waals surface area (Å²) in [6.45, 7) is 6.50. The zero-order valence-electron chi connectivity index (χ0n) is 21.7. The molecule has 1 amide bonds. The number of hydrogen-bond donors (Lipinski definition) is 0. The number of para-hydroxylation sites is 3. The first kappa shape index (κ1) is 26.5. The normalized spacial score (nSPS) is 11.8. The molecule has 0 saturated heterocycles. The number of non-ortho nitro benzene ring substituents is 1. The second-order valence-corrected chi connectivity index (χ2v) is 8.86. The number of amides is 1. The third-order valence-electron chi connectivity index (χ3n) is 6.37. The van der Waals surface area contributed by atoms with Gasteiger partial charge in [-0.15, -0.1) is 0 Å². The van der Waals surface area contributed by atoms with Crippen LogP contribution in [0.5, 0.6) is 5.75 Å². The molecule has 0 bridgehead atoms. The lowest BCUT2D eigenvalue weighted by molar-refractivity contribution is -0.384. The fourth-order valence-corrected chi connectivity index (χ4v) is 4.44. The molecule has 0 radical (unpaired) electrons. The highest BCUT2D eigenvalue weighted by Crippen LogP contribution is 2.29. The molecule has 0 aliphatic rings. The lowest BCUT2D eigenvalue weighted by Crippen LogP contribution is -2.38. The summed E-state index contributed by atoms with van der Waals surface area (Å²) in [7, 11) is 0. The minimum absolute atomic E-state index is 0.162. The highest BCUT2D eigenvalue weighted by Gasteiger charge is 2.28. The van der Waals surface area contributed by atoms with Crippen molar-refractivity contribution in [2.75, 3.05) is 13.2 Å². The molecule has 4 aromatic rings. The summed E-state index contributed by atoms with van der Waals surface area (Å²) in [6, 6.07) is 19.4. The topological polar surface area (TPSA) is 108 Å². The lowest BCUT2D eigenvalue weighted by atomic mass is 10.1. The van der Waals surface area contributed by atoms with Gasteiger partial charge in [0.25, 0.3) is 17.2 Å². The van der Waals surface area contributed by atoms with Crippen molar-refractivity contribution in [2.24, 2.45) is 0 Å². The fourth-order valence-electron chi connectivity index (χ4n) is 4.44. The van der Waals surface area contributed by atoms with Gasteiger partial charge in [-0.25, -0.2) is 4.98 Å². The van der Waals surface area contributed by atoms with Crippen molar-refractivity contribution in [1.82, 2.24) is 14.5 Å². The Bertz CT molecular complexity index is 1530. The van der Waals surface area contributed by atoms with Gasteiger partial charge < -0.3 is 9.64 Å². The van der Waals surface area contributed by atoms with Gasteiger partial charge in [0.05, 0.1) is 34.2 Å². The molecule has 0 spiro atoms. The predicted octanol–water partition coefficient (Wildman–Crippen LogP) is 5.70. The third kappa shape index (κ3) is 5.27. The molecule has 9 heteroatoms. The number of nitrogens with zero attached hydrogens (tertiary/aromatic N) is 4. The van der Waals surface area contributed by atoms with Crippen LogP contribution in [0.1, 0.15) is 55.8 Å². The minimum Gasteiger partial charge on any atom is -0.492 e. The number of hydrogen-bond acceptors (Lipinski definition) is 6. The SMILES string of the molecule is CCCCN(C(=O)c1cccc([N+](=O)[O-])c1)C(C)c1nc2ccccc2c(=O)n1-c1ccccc1OCC. The molecule has 0 aliphatic heterocycles. The maximum Gasteiger partial charge on any atom is 0.270 e. The van der Waals surface area contributed by atoms with E-state index in [1.165, 1.54) is 22.8 Å². The molecule has 0 fully saturated rings. The van der Waals surface area contributed by atoms with Gasteiger partial charge in [-0.3, -0.25) is 24.3 Å². The molecule has 0 aliphatic carbocycles. The summed E-state index contributed by atoms with van der Waals surface area (Å²) in [5, 5.41) is 11.8. The molecular formula is C29H30N4O5. The molecule has 1 atom stereocenters. The quantitative estimate of drug-likeness (QED) is 0.199. The zero-order chi connectivity index (χ0) is 27.2. The van der Waals surface area contributed by atoms with E-state index in [1.807, 2.05) is 39.0 Å². The summed E-state index contributed by atoms with van der Waals surface area (Å²) in [5.41, 5.74) is 0.806. The number of aromatic nitrogens is 2. The first-order valence-electron chi connectivity index (χ1n) is 12.7. The van der Waals surface area contributed by atoms with Crippen LogP contribution in [-0.4, -0.2) is 38.4 Å². The predicted molar refractivity (Wildman–Crippen MR) is 146 cm³/mol. The van der Waals surface area contributed by atoms with Crippen molar-refractivity contribution in [3.63, 3.8) is 0 Å². The molecule has 1 heterocycles. The van der Waals surface area contributed by atoms with E-state index in [2.05, 4.69) is 0 Å². The van der Waals surface area contributed by atoms with E-state index in [1.54, 1.807) is 41.3 Å². The molecule has 9 nitrogen and oxygen atoms in total. The summed E-state index contributed by atoms with van der Waals surface area (Å²) in [4.78, 5) is 45.0. The van der Waals surface area contributed by atoms with Gasteiger partial charge in [-0.2, -0.15) is 0 Å². The van der Waals surface area contributed by atoms with Crippen LogP contribution >= 0.6 is 0 Å². The van der Waals surface area contributed by atoms with Crippen LogP contribution in [0.2, 0.25) is 0 Å². The molecule has 4 rings (SSSR count). The number of carbonyl (C=O) groups is 1. The number of nitro benzene ring substituents is 1. The summed E-state index contributed by atoms with van der Waals surface area (Å²) < 4.78 is 7.35. The Morgan fingerprint density at radius 2 is 1.82 bits per heavy atom. The van der Waals surface area contributed by atoms with Crippen molar-refractivity contribution in [3.8, 4) is 11.4 Å². The van der Waals surface area contributed by atoms with Crippen molar-refractivity contribution in [3.05, 3.63) is 105 Å². The van der Waals surface area contributed by atoms with Crippen LogP contribution < -0.4 is 10.3 Å². The van der Waals surface area contributed by atoms with Gasteiger partial charge in [0.15, 0.2) is 0 Å². The van der Waals surface area contributed by atoms with Gasteiger partial charge in [0, 0.05) is 24.2 Å². The van der Waals surface area contributed by atoms with Crippen molar-refractivity contribution in [1.29, 1.82) is 0 Å². The molecule has 0 saturated carbocycles. The second-order valence-electron chi connectivity index (χ2n) is 8.86. The Balaban J connectivity index is 1.92. The highest BCUT2D eigenvalue weighted by molar-refractivity contribution is 5.95. The van der Waals surface area contributed by atoms with E-state index >= 15 is 0 Å². The first-order valence-corrected chi connectivity index (χ1v) is 12.7. The van der Waals surface area contributed by atoms with E-state index in [0.717, 1.165) is 6.42 Å². The molecule has 0 N–H and O–H groups in total. The average molecular weight is 515 g/mol. The maximum atomic E-state index is 13.9. The monoisotopic (exact) mass is 514 g/mol. The van der Waals surface area contributed by atoms with Gasteiger partial charge in [-0.05, 0) is 50.6 Å². The summed E-state index contributed by atoms with van der Waals surface area (Å²) >= 11 is 0. The number of nitro groups is 1. The van der Waals surface area contributed by atoms with E-state index in [9.17, 15) is 19.7 Å². The summed E-state index contributed by atoms with van der Waals surface area (Å²) in [6.07, 6.45) is 1.54. The van der Waals surface area contributed by atoms with Crippen LogP contribution in [0.25, 0.3) is 16.6 Å². The zero-order valence-corrected chi connectivity index (χ0v) is 21.7. The number of ether oxygens (including phenoxy) is 1. The van der Waals surface area contributed by atoms with Gasteiger partial charge in [0.2, 0.25) is 0 Å². The van der Waals surface area contributed by atoms with Crippen LogP contribution in [0.15, 0.2) is 77.6 Å². The van der Waals surface area contributed by atoms with Crippen molar-refractivity contribution in [2.45, 2.75) is 39.7 Å². The Morgan fingerprint density at radius 3 is 2.55 bits per heavy atom. The lowest BCUT2D eigenvalue weighted by Gasteiger charge is -2.31. The average Bonchev–Trinajstić information content (AvgIpc) is 2.93. The van der Waals surface area contributed by atoms with Crippen LogP contribution in [0, 0.1) is 10.1 Å². The fraction of sp³-hybridized carbons (Fsp3) is 0.276. The number of carbonyl (C=O) groups excluding carboxylic acids is 1. The minimum atomic E-state index is -0.639. The molecule has 196 valence electrons. The third-order valence-corrected chi connectivity index (χ3v) is 6.37. The van der Waals surface area contributed by atoms with Crippen molar-refractivity contribution < 1.29 is 14.5 Å². The Kier molecular flexibility index (Phi) is 8.15. The van der Waals surface area contributed by atoms with Crippen LogP contribution in [0.4, 0.5) is 5.69 Å². The van der Waals surface area contributed by atoms with Crippen LogP contribution in [0.3, 0.4) is 0 Å². The summed E-state index contributed by atoms with van der Waals surface area (Å²) in [5.74, 6) is 0.519. The van der Waals surface area contributed by atoms with Gasteiger partial charge in [-0.1, -0.05) is 43.7 Å². The second kappa shape index (κ2) is 11.7. The number of rotatable bonds is 10. The van der Waals surface area contributed by atoms with E-state index in [0.29, 0.717) is 47.7 Å². The number of benzene rings is 3. The van der Waals surface area contributed by atoms with E-state index < -0.39 is 11.0 Å². The standard InChI is InChI=1S/C29H30N4O5/c1-4-6-18-31(28(34)21-12-11-13-22(19-21)33(36)37)20(3)27-30-24-15-8-7-14-23(24)29(35)32(27)25-16-9-10-17-26(25)38-5-2/h7-17,19-20H,4-6,18H2,1-3H3. The number of unbranched alkanes of at least 4 members (excludes halogenated alkanes) is 1. The highest BCUT2D eigenvalue weighted by atomic mass is 16.6. The smallest absolute Gasteiger partial charge is 0.270 e. The largest absolute Gasteiger partial charge is 0.492 e. The van der Waals surface area contributed by atoms with Gasteiger partial charge >= 0.3 is 0 Å². The first-order chi connectivity index (χ1) is 18.4. The Morgan fingerprint density at radius 1 is 1.08 bits per heavy atom.